The first-order valence-corrected chi connectivity index (χ1v) is 4.62. The molecular weight excluding hydrogens is 162 g/mol. The van der Waals surface area contributed by atoms with Gasteiger partial charge in [0.25, 0.3) is 0 Å². The average Bonchev–Trinajstić information content (AvgIpc) is 2.69. The smallest absolute Gasteiger partial charge is 0.115 e. The van der Waals surface area contributed by atoms with Crippen molar-refractivity contribution < 1.29 is 0 Å². The molecule has 1 N–H and O–H groups in total. The topological polar surface area (TPSA) is 37.8 Å². The van der Waals surface area contributed by atoms with Crippen LogP contribution in [0.5, 0.6) is 0 Å². The molecule has 0 aromatic carbocycles. The maximum absolute atomic E-state index is 3.95. The molecule has 68 valence electrons. The lowest BCUT2D eigenvalue weighted by molar-refractivity contribution is 0.730. The predicted octanol–water partition coefficient (Wildman–Crippen LogP) is 1.24. The van der Waals surface area contributed by atoms with Gasteiger partial charge in [-0.3, -0.25) is 0 Å². The summed E-state index contributed by atoms with van der Waals surface area (Å²) in [5.41, 5.74) is 1.07. The molecule has 0 spiro atoms. The summed E-state index contributed by atoms with van der Waals surface area (Å²) in [5, 5.41) is 3.40. The van der Waals surface area contributed by atoms with Crippen molar-refractivity contribution in [2.75, 3.05) is 6.54 Å². The zero-order valence-electron chi connectivity index (χ0n) is 7.48. The van der Waals surface area contributed by atoms with E-state index in [2.05, 4.69) is 27.4 Å². The Kier molecular flexibility index (Phi) is 2.67. The fraction of sp³-hybridized carbons (Fsp3) is 0.400. The third kappa shape index (κ3) is 2.36. The van der Waals surface area contributed by atoms with Crippen molar-refractivity contribution in [2.24, 2.45) is 0 Å². The largest absolute Gasteiger partial charge is 0.311 e. The van der Waals surface area contributed by atoms with E-state index >= 15 is 0 Å². The van der Waals surface area contributed by atoms with Crippen molar-refractivity contribution in [3.05, 3.63) is 30.4 Å². The molecule has 2 rings (SSSR count). The first kappa shape index (κ1) is 8.38. The third-order valence-electron chi connectivity index (χ3n) is 2.20. The Labute approximate surface area is 77.9 Å². The summed E-state index contributed by atoms with van der Waals surface area (Å²) in [6, 6.07) is 0.542. The van der Waals surface area contributed by atoms with Crippen LogP contribution in [0, 0.1) is 0 Å². The first-order valence-electron chi connectivity index (χ1n) is 4.62. The van der Waals surface area contributed by atoms with Gasteiger partial charge in [-0.15, -0.1) is 0 Å². The molecule has 1 atom stereocenters. The van der Waals surface area contributed by atoms with Crippen LogP contribution < -0.4 is 5.32 Å². The summed E-state index contributed by atoms with van der Waals surface area (Å²) < 4.78 is 0. The minimum atomic E-state index is 0.542. The molecule has 2 heterocycles. The van der Waals surface area contributed by atoms with Crippen molar-refractivity contribution in [3.63, 3.8) is 0 Å². The molecule has 0 bridgehead atoms. The van der Waals surface area contributed by atoms with Crippen LogP contribution in [-0.2, 0) is 0 Å². The molecule has 1 aliphatic rings. The zero-order chi connectivity index (χ0) is 8.93. The summed E-state index contributed by atoms with van der Waals surface area (Å²) >= 11 is 0. The van der Waals surface area contributed by atoms with E-state index < -0.39 is 0 Å². The Bertz CT molecular complexity index is 275. The van der Waals surface area contributed by atoms with Crippen molar-refractivity contribution in [3.8, 4) is 0 Å². The van der Waals surface area contributed by atoms with Gasteiger partial charge < -0.3 is 5.32 Å². The van der Waals surface area contributed by atoms with Gasteiger partial charge in [-0.05, 0) is 19.4 Å². The normalized spacial score (nSPS) is 22.6. The Morgan fingerprint density at radius 2 is 2.23 bits per heavy atom. The Balaban J connectivity index is 1.97. The second-order valence-corrected chi connectivity index (χ2v) is 3.23. The molecule has 1 unspecified atom stereocenters. The van der Waals surface area contributed by atoms with E-state index in [9.17, 15) is 0 Å². The number of aromatic nitrogens is 2. The summed E-state index contributed by atoms with van der Waals surface area (Å²) in [4.78, 5) is 7.89. The highest BCUT2D eigenvalue weighted by atomic mass is 14.9. The van der Waals surface area contributed by atoms with Gasteiger partial charge in [0.2, 0.25) is 0 Å². The maximum Gasteiger partial charge on any atom is 0.115 e. The number of hydrogen-bond acceptors (Lipinski definition) is 3. The minimum Gasteiger partial charge on any atom is -0.311 e. The molecule has 1 saturated heterocycles. The van der Waals surface area contributed by atoms with Gasteiger partial charge in [0.05, 0.1) is 0 Å². The molecule has 3 heteroatoms. The molecule has 0 saturated carbocycles. The molecule has 0 aliphatic carbocycles. The van der Waals surface area contributed by atoms with Gasteiger partial charge in [0, 0.05) is 24.0 Å². The van der Waals surface area contributed by atoms with Gasteiger partial charge in [-0.1, -0.05) is 12.2 Å². The molecule has 1 fully saturated rings. The van der Waals surface area contributed by atoms with Gasteiger partial charge in [-0.2, -0.15) is 0 Å². The van der Waals surface area contributed by atoms with Gasteiger partial charge in [0.1, 0.15) is 6.33 Å². The Morgan fingerprint density at radius 1 is 1.38 bits per heavy atom. The van der Waals surface area contributed by atoms with E-state index in [4.69, 9.17) is 0 Å². The number of nitrogens with one attached hydrogen (secondary N) is 1. The highest BCUT2D eigenvalue weighted by Crippen LogP contribution is 2.07. The lowest BCUT2D eigenvalue weighted by Gasteiger charge is -2.01. The van der Waals surface area contributed by atoms with E-state index in [1.54, 1.807) is 6.33 Å². The number of rotatable bonds is 2. The third-order valence-corrected chi connectivity index (χ3v) is 2.20. The highest BCUT2D eigenvalue weighted by Gasteiger charge is 2.09. The van der Waals surface area contributed by atoms with Gasteiger partial charge in [-0.25, -0.2) is 9.97 Å². The second-order valence-electron chi connectivity index (χ2n) is 3.23. The van der Waals surface area contributed by atoms with Crippen molar-refractivity contribution in [1.82, 2.24) is 15.3 Å². The van der Waals surface area contributed by atoms with E-state index in [1.165, 1.54) is 12.8 Å². The van der Waals surface area contributed by atoms with E-state index in [0.717, 1.165) is 12.1 Å². The van der Waals surface area contributed by atoms with Crippen LogP contribution in [0.1, 0.15) is 18.4 Å². The van der Waals surface area contributed by atoms with Crippen LogP contribution >= 0.6 is 0 Å². The standard InChI is InChI=1S/C10H13N3/c1-2-10(13-5-1)4-3-9-6-11-8-12-7-9/h3-4,6-8,10,13H,1-2,5H2/b4-3+. The SMILES string of the molecule is C(=C\C1CCCN1)/c1cncnc1. The zero-order valence-corrected chi connectivity index (χ0v) is 7.48. The number of nitrogens with zero attached hydrogens (tertiary/aromatic N) is 2. The van der Waals surface area contributed by atoms with E-state index in [-0.39, 0.29) is 0 Å². The van der Waals surface area contributed by atoms with Gasteiger partial charge >= 0.3 is 0 Å². The van der Waals surface area contributed by atoms with Crippen LogP contribution in [0.2, 0.25) is 0 Å². The minimum absolute atomic E-state index is 0.542. The molecular formula is C10H13N3. The van der Waals surface area contributed by atoms with Crippen molar-refractivity contribution >= 4 is 6.08 Å². The van der Waals surface area contributed by atoms with Crippen LogP contribution in [0.25, 0.3) is 6.08 Å². The molecule has 13 heavy (non-hydrogen) atoms. The summed E-state index contributed by atoms with van der Waals surface area (Å²) in [7, 11) is 0. The molecule has 0 radical (unpaired) electrons. The second kappa shape index (κ2) is 4.14. The highest BCUT2D eigenvalue weighted by molar-refractivity contribution is 5.47. The molecule has 1 aromatic heterocycles. The van der Waals surface area contributed by atoms with E-state index in [0.29, 0.717) is 6.04 Å². The molecule has 1 aliphatic heterocycles. The fourth-order valence-corrected chi connectivity index (χ4v) is 1.50. The first-order chi connectivity index (χ1) is 6.45. The predicted molar refractivity (Wildman–Crippen MR) is 52.1 cm³/mol. The van der Waals surface area contributed by atoms with Crippen LogP contribution in [0.15, 0.2) is 24.8 Å². The summed E-state index contributed by atoms with van der Waals surface area (Å²) in [6.45, 7) is 1.14. The Hall–Kier alpha value is -1.22. The van der Waals surface area contributed by atoms with Crippen molar-refractivity contribution in [2.45, 2.75) is 18.9 Å². The fourth-order valence-electron chi connectivity index (χ4n) is 1.50. The van der Waals surface area contributed by atoms with E-state index in [1.807, 2.05) is 12.4 Å². The van der Waals surface area contributed by atoms with Crippen LogP contribution in [0.3, 0.4) is 0 Å². The van der Waals surface area contributed by atoms with Crippen molar-refractivity contribution in [1.29, 1.82) is 0 Å². The number of hydrogen-bond donors (Lipinski definition) is 1. The Morgan fingerprint density at radius 3 is 2.92 bits per heavy atom. The summed E-state index contributed by atoms with van der Waals surface area (Å²) in [5.74, 6) is 0. The lowest BCUT2D eigenvalue weighted by Crippen LogP contribution is -2.17. The maximum atomic E-state index is 3.95. The quantitative estimate of drug-likeness (QED) is 0.735. The average molecular weight is 175 g/mol. The van der Waals surface area contributed by atoms with Crippen LogP contribution in [-0.4, -0.2) is 22.6 Å². The van der Waals surface area contributed by atoms with Crippen LogP contribution in [0.4, 0.5) is 0 Å². The van der Waals surface area contributed by atoms with Gasteiger partial charge in [0.15, 0.2) is 0 Å². The summed E-state index contributed by atoms with van der Waals surface area (Å²) in [6.07, 6.45) is 12.0. The molecule has 3 nitrogen and oxygen atoms in total. The molecule has 1 aromatic rings. The monoisotopic (exact) mass is 175 g/mol. The molecule has 0 amide bonds. The lowest BCUT2D eigenvalue weighted by atomic mass is 10.2.